The van der Waals surface area contributed by atoms with Gasteiger partial charge in [-0.1, -0.05) is 104 Å². The van der Waals surface area contributed by atoms with Gasteiger partial charge < -0.3 is 4.57 Å². The van der Waals surface area contributed by atoms with E-state index in [0.29, 0.717) is 13.1 Å². The summed E-state index contributed by atoms with van der Waals surface area (Å²) in [5.74, 6) is 0.177. The van der Waals surface area contributed by atoms with Gasteiger partial charge in [-0.15, -0.1) is 0 Å². The number of nitrogens with zero attached hydrogens (tertiary/aromatic N) is 3. The first kappa shape index (κ1) is 29.3. The second kappa shape index (κ2) is 13.2. The van der Waals surface area contributed by atoms with E-state index >= 15 is 0 Å². The van der Waals surface area contributed by atoms with Gasteiger partial charge in [0.1, 0.15) is 11.6 Å². The van der Waals surface area contributed by atoms with Gasteiger partial charge in [0.05, 0.1) is 17.0 Å². The van der Waals surface area contributed by atoms with Crippen molar-refractivity contribution in [2.24, 2.45) is 0 Å². The van der Waals surface area contributed by atoms with E-state index in [1.165, 1.54) is 0 Å². The highest BCUT2D eigenvalue weighted by molar-refractivity contribution is 5.68. The largest absolute Gasteiger partial charge is 0.416 e. The van der Waals surface area contributed by atoms with E-state index < -0.39 is 17.6 Å². The molecule has 5 rings (SSSR count). The van der Waals surface area contributed by atoms with Gasteiger partial charge in [-0.3, -0.25) is 4.90 Å². The zero-order chi connectivity index (χ0) is 29.5. The molecule has 1 aromatic heterocycles. The van der Waals surface area contributed by atoms with Crippen LogP contribution in [-0.4, -0.2) is 14.5 Å². The fourth-order valence-corrected chi connectivity index (χ4v) is 5.17. The van der Waals surface area contributed by atoms with Crippen LogP contribution in [0.4, 0.5) is 17.6 Å². The van der Waals surface area contributed by atoms with Gasteiger partial charge >= 0.3 is 6.18 Å². The van der Waals surface area contributed by atoms with Crippen LogP contribution in [0.15, 0.2) is 109 Å². The fourth-order valence-electron chi connectivity index (χ4n) is 5.17. The number of benzene rings is 4. The summed E-state index contributed by atoms with van der Waals surface area (Å²) in [6.07, 6.45) is -2.65. The Bertz CT molecular complexity index is 1580. The highest BCUT2D eigenvalue weighted by Crippen LogP contribution is 2.33. The number of halogens is 4. The van der Waals surface area contributed by atoms with E-state index in [4.69, 9.17) is 4.98 Å². The third-order valence-corrected chi connectivity index (χ3v) is 7.28. The Morgan fingerprint density at radius 2 is 1.36 bits per heavy atom. The van der Waals surface area contributed by atoms with Crippen molar-refractivity contribution in [1.82, 2.24) is 14.5 Å². The van der Waals surface area contributed by atoms with Crippen LogP contribution in [0.25, 0.3) is 22.6 Å². The molecule has 0 aliphatic carbocycles. The minimum Gasteiger partial charge on any atom is -0.326 e. The van der Waals surface area contributed by atoms with Crippen molar-refractivity contribution in [1.29, 1.82) is 0 Å². The lowest BCUT2D eigenvalue weighted by Crippen LogP contribution is -2.25. The van der Waals surface area contributed by atoms with E-state index in [9.17, 15) is 17.6 Å². The molecule has 5 aromatic rings. The lowest BCUT2D eigenvalue weighted by atomic mass is 10.1. The maximum atomic E-state index is 15.0. The molecule has 0 unspecified atom stereocenters. The molecule has 42 heavy (non-hydrogen) atoms. The van der Waals surface area contributed by atoms with Crippen molar-refractivity contribution in [2.75, 3.05) is 0 Å². The summed E-state index contributed by atoms with van der Waals surface area (Å²) >= 11 is 0. The van der Waals surface area contributed by atoms with Gasteiger partial charge in [0.15, 0.2) is 0 Å². The minimum atomic E-state index is -4.56. The van der Waals surface area contributed by atoms with Crippen LogP contribution in [0.1, 0.15) is 42.1 Å². The first-order chi connectivity index (χ1) is 20.3. The molecule has 3 nitrogen and oxygen atoms in total. The number of hydrogen-bond acceptors (Lipinski definition) is 2. The molecule has 0 radical (unpaired) electrons. The van der Waals surface area contributed by atoms with Crippen molar-refractivity contribution in [3.63, 3.8) is 0 Å². The average Bonchev–Trinajstić information content (AvgIpc) is 3.35. The molecule has 0 N–H and O–H groups in total. The molecular weight excluding hydrogens is 538 g/mol. The molecule has 0 atom stereocenters. The molecule has 1 heterocycles. The van der Waals surface area contributed by atoms with Crippen LogP contribution in [0, 0.1) is 5.82 Å². The average molecular weight is 572 g/mol. The number of alkyl halides is 3. The van der Waals surface area contributed by atoms with E-state index in [0.717, 1.165) is 71.5 Å². The van der Waals surface area contributed by atoms with Gasteiger partial charge in [-0.2, -0.15) is 13.2 Å². The molecule has 0 bridgehead atoms. The summed E-state index contributed by atoms with van der Waals surface area (Å²) in [6, 6.07) is 32.2. The Balaban J connectivity index is 1.63. The van der Waals surface area contributed by atoms with E-state index in [-0.39, 0.29) is 12.1 Å². The normalized spacial score (nSPS) is 11.8. The highest BCUT2D eigenvalue weighted by Gasteiger charge is 2.31. The second-order valence-electron chi connectivity index (χ2n) is 10.4. The molecule has 0 aliphatic rings. The minimum absolute atomic E-state index is 0.00148. The van der Waals surface area contributed by atoms with Gasteiger partial charge in [0, 0.05) is 42.9 Å². The number of aromatic nitrogens is 2. The van der Waals surface area contributed by atoms with Crippen LogP contribution in [-0.2, 0) is 32.4 Å². The molecule has 0 amide bonds. The monoisotopic (exact) mass is 571 g/mol. The summed E-state index contributed by atoms with van der Waals surface area (Å²) in [7, 11) is 0. The van der Waals surface area contributed by atoms with Gasteiger partial charge in [0.2, 0.25) is 0 Å². The molecular formula is C35H33F4N3. The lowest BCUT2D eigenvalue weighted by molar-refractivity contribution is -0.137. The third kappa shape index (κ3) is 6.97. The van der Waals surface area contributed by atoms with E-state index in [1.54, 1.807) is 0 Å². The van der Waals surface area contributed by atoms with Crippen molar-refractivity contribution < 1.29 is 17.6 Å². The molecule has 7 heteroatoms. The first-order valence-corrected chi connectivity index (χ1v) is 14.2. The SMILES string of the molecule is CCCCn1c(-c2ccccc2)nc(-c2ccccc2)c1CN(Cc1ccccc1)Cc1cc(C(F)(F)F)ccc1F. The third-order valence-electron chi connectivity index (χ3n) is 7.28. The smallest absolute Gasteiger partial charge is 0.326 e. The quantitative estimate of drug-likeness (QED) is 0.147. The van der Waals surface area contributed by atoms with Gasteiger partial charge in [-0.05, 0) is 30.2 Å². The van der Waals surface area contributed by atoms with Crippen LogP contribution in [0.5, 0.6) is 0 Å². The maximum Gasteiger partial charge on any atom is 0.416 e. The zero-order valence-corrected chi connectivity index (χ0v) is 23.5. The number of hydrogen-bond donors (Lipinski definition) is 0. The Morgan fingerprint density at radius 1 is 0.738 bits per heavy atom. The summed E-state index contributed by atoms with van der Waals surface area (Å²) in [4.78, 5) is 7.14. The van der Waals surface area contributed by atoms with Gasteiger partial charge in [0.25, 0.3) is 0 Å². The fraction of sp³-hybridized carbons (Fsp3) is 0.229. The molecule has 4 aromatic carbocycles. The lowest BCUT2D eigenvalue weighted by Gasteiger charge is -2.25. The molecule has 0 saturated carbocycles. The zero-order valence-electron chi connectivity index (χ0n) is 23.5. The Morgan fingerprint density at radius 3 is 1.98 bits per heavy atom. The number of unbranched alkanes of at least 4 members (excludes halogenated alkanes) is 1. The molecule has 0 saturated heterocycles. The van der Waals surface area contributed by atoms with Crippen LogP contribution in [0.3, 0.4) is 0 Å². The predicted molar refractivity (Wildman–Crippen MR) is 159 cm³/mol. The van der Waals surface area contributed by atoms with Crippen LogP contribution < -0.4 is 0 Å². The summed E-state index contributed by atoms with van der Waals surface area (Å²) in [6.45, 7) is 3.64. The van der Waals surface area contributed by atoms with Gasteiger partial charge in [-0.25, -0.2) is 9.37 Å². The van der Waals surface area contributed by atoms with Crippen molar-refractivity contribution in [3.8, 4) is 22.6 Å². The number of imidazole rings is 1. The van der Waals surface area contributed by atoms with E-state index in [2.05, 4.69) is 11.5 Å². The summed E-state index contributed by atoms with van der Waals surface area (Å²) in [5, 5.41) is 0. The van der Waals surface area contributed by atoms with Crippen LogP contribution in [0.2, 0.25) is 0 Å². The molecule has 0 spiro atoms. The van der Waals surface area contributed by atoms with Crippen LogP contribution >= 0.6 is 0 Å². The standard InChI is InChI=1S/C35H33F4N3/c1-2-3-21-42-32(33(27-15-9-5-10-16-27)40-34(42)28-17-11-6-12-18-28)25-41(23-26-13-7-4-8-14-26)24-29-22-30(35(37,38)39)19-20-31(29)36/h4-20,22H,2-3,21,23-25H2,1H3. The predicted octanol–water partition coefficient (Wildman–Crippen LogP) is 9.38. The van der Waals surface area contributed by atoms with Crippen molar-refractivity contribution in [3.05, 3.63) is 137 Å². The Hall–Kier alpha value is -4.23. The molecule has 0 aliphatic heterocycles. The van der Waals surface area contributed by atoms with E-state index in [1.807, 2.05) is 95.9 Å². The van der Waals surface area contributed by atoms with Crippen molar-refractivity contribution in [2.45, 2.75) is 52.1 Å². The highest BCUT2D eigenvalue weighted by atomic mass is 19.4. The first-order valence-electron chi connectivity index (χ1n) is 14.2. The molecule has 216 valence electrons. The maximum absolute atomic E-state index is 15.0. The van der Waals surface area contributed by atoms with Crippen molar-refractivity contribution >= 4 is 0 Å². The Labute approximate surface area is 244 Å². The summed E-state index contributed by atoms with van der Waals surface area (Å²) < 4.78 is 57.9. The Kier molecular flexibility index (Phi) is 9.18. The topological polar surface area (TPSA) is 21.1 Å². The summed E-state index contributed by atoms with van der Waals surface area (Å²) in [5.41, 5.74) is 3.81. The molecule has 0 fully saturated rings. The second-order valence-corrected chi connectivity index (χ2v) is 10.4. The number of rotatable bonds is 11.